The lowest BCUT2D eigenvalue weighted by molar-refractivity contribution is -0.121. The Balaban J connectivity index is 1.94. The smallest absolute Gasteiger partial charge is 0.269 e. The van der Waals surface area contributed by atoms with Gasteiger partial charge in [0.05, 0.1) is 24.2 Å². The maximum absolute atomic E-state index is 12.4. The van der Waals surface area contributed by atoms with Crippen molar-refractivity contribution < 1.29 is 19.1 Å². The zero-order chi connectivity index (χ0) is 30.8. The Morgan fingerprint density at radius 2 is 1.98 bits per heavy atom. The molecule has 0 radical (unpaired) electrons. The Morgan fingerprint density at radius 1 is 1.24 bits per heavy atom. The van der Waals surface area contributed by atoms with Crippen molar-refractivity contribution in [2.45, 2.75) is 12.8 Å². The van der Waals surface area contributed by atoms with Crippen molar-refractivity contribution in [1.29, 1.82) is 5.41 Å². The average Bonchev–Trinajstić information content (AvgIpc) is 3.85. The number of benzene rings is 1. The number of hydrogen-bond donors (Lipinski definition) is 7. The molecule has 1 aromatic heterocycles. The summed E-state index contributed by atoms with van der Waals surface area (Å²) < 4.78 is 5.72. The zero-order valence-electron chi connectivity index (χ0n) is 23.7. The first-order valence-electron chi connectivity index (χ1n) is 12.9. The van der Waals surface area contributed by atoms with E-state index in [-0.39, 0.29) is 41.3 Å². The third-order valence-corrected chi connectivity index (χ3v) is 6.38. The monoisotopic (exact) mass is 573 g/mol. The number of nitrogens with one attached hydrogen (secondary N) is 4. The van der Waals surface area contributed by atoms with Gasteiger partial charge < -0.3 is 48.2 Å². The first-order chi connectivity index (χ1) is 20.2. The van der Waals surface area contributed by atoms with Crippen molar-refractivity contribution in [3.63, 3.8) is 0 Å². The first-order valence-corrected chi connectivity index (χ1v) is 12.9. The summed E-state index contributed by atoms with van der Waals surface area (Å²) in [4.78, 5) is 42.3. The number of anilines is 1. The molecule has 0 unspecified atom stereocenters. The molecule has 1 heterocycles. The van der Waals surface area contributed by atoms with Crippen LogP contribution in [0.15, 0.2) is 71.6 Å². The Hall–Kier alpha value is -5.55. The van der Waals surface area contributed by atoms with Crippen LogP contribution in [-0.4, -0.2) is 61.6 Å². The summed E-state index contributed by atoms with van der Waals surface area (Å²) in [6.45, 7) is 0.230. The molecule has 2 amide bonds. The second kappa shape index (κ2) is 14.2. The van der Waals surface area contributed by atoms with Crippen molar-refractivity contribution >= 4 is 35.4 Å². The summed E-state index contributed by atoms with van der Waals surface area (Å²) in [7, 11) is 4.61. The van der Waals surface area contributed by atoms with Crippen LogP contribution < -0.4 is 37.9 Å². The third kappa shape index (κ3) is 7.55. The van der Waals surface area contributed by atoms with Crippen molar-refractivity contribution in [1.82, 2.24) is 20.5 Å². The Morgan fingerprint density at radius 3 is 2.52 bits per heavy atom. The number of para-hydroxylation sites is 1. The summed E-state index contributed by atoms with van der Waals surface area (Å²) in [5.74, 6) is 1.53. The topological polar surface area (TPSA) is 215 Å². The number of amides is 2. The van der Waals surface area contributed by atoms with E-state index in [0.717, 1.165) is 19.1 Å². The highest BCUT2D eigenvalue weighted by Gasteiger charge is 2.29. The largest absolute Gasteiger partial charge is 0.494 e. The number of hydrogen-bond acceptors (Lipinski definition) is 11. The number of ether oxygens (including phenoxy) is 1. The van der Waals surface area contributed by atoms with Crippen LogP contribution in [0.25, 0.3) is 16.8 Å². The molecule has 0 bridgehead atoms. The Kier molecular flexibility index (Phi) is 10.5. The van der Waals surface area contributed by atoms with E-state index in [2.05, 4.69) is 20.9 Å². The van der Waals surface area contributed by atoms with E-state index in [4.69, 9.17) is 27.3 Å². The number of pyridine rings is 1. The molecule has 13 nitrogen and oxygen atoms in total. The lowest BCUT2D eigenvalue weighted by Gasteiger charge is -2.20. The van der Waals surface area contributed by atoms with Gasteiger partial charge in [-0.2, -0.15) is 0 Å². The van der Waals surface area contributed by atoms with Crippen molar-refractivity contribution in [2.75, 3.05) is 33.1 Å². The molecule has 2 aromatic rings. The van der Waals surface area contributed by atoms with Gasteiger partial charge in [0, 0.05) is 67.9 Å². The Bertz CT molecular complexity index is 1480. The van der Waals surface area contributed by atoms with Gasteiger partial charge >= 0.3 is 0 Å². The second-order valence-corrected chi connectivity index (χ2v) is 9.41. The van der Waals surface area contributed by atoms with Gasteiger partial charge in [0.15, 0.2) is 5.94 Å². The number of likely N-dealkylation sites (N-methyl/N-ethyl adjacent to an activating group) is 2. The third-order valence-electron chi connectivity index (χ3n) is 6.38. The fourth-order valence-corrected chi connectivity index (χ4v) is 3.97. The van der Waals surface area contributed by atoms with E-state index in [1.54, 1.807) is 42.4 Å². The van der Waals surface area contributed by atoms with Crippen LogP contribution in [0.4, 0.5) is 5.69 Å². The fraction of sp³-hybridized carbons (Fsp3) is 0.241. The van der Waals surface area contributed by atoms with Crippen molar-refractivity contribution in [2.24, 2.45) is 23.1 Å². The molecule has 0 saturated heterocycles. The lowest BCUT2D eigenvalue weighted by atomic mass is 10.0. The summed E-state index contributed by atoms with van der Waals surface area (Å²) >= 11 is 0. The number of nitrogens with zero attached hydrogens (tertiary/aromatic N) is 2. The molecule has 0 spiro atoms. The normalized spacial score (nSPS) is 13.7. The van der Waals surface area contributed by atoms with Gasteiger partial charge in [-0.05, 0) is 25.0 Å². The predicted molar refractivity (Wildman–Crippen MR) is 161 cm³/mol. The van der Waals surface area contributed by atoms with Crippen LogP contribution in [0.2, 0.25) is 0 Å². The number of nitrogens with two attached hydrogens (primary N) is 3. The number of rotatable bonds is 13. The predicted octanol–water partition coefficient (Wildman–Crippen LogP) is 1.01. The van der Waals surface area contributed by atoms with Crippen LogP contribution in [-0.2, 0) is 14.4 Å². The van der Waals surface area contributed by atoms with Crippen molar-refractivity contribution in [3.8, 4) is 16.9 Å². The maximum atomic E-state index is 12.4. The molecular formula is C29H35N9O4. The summed E-state index contributed by atoms with van der Waals surface area (Å²) in [6, 6.07) is 8.75. The lowest BCUT2D eigenvalue weighted by Crippen LogP contribution is -2.31. The summed E-state index contributed by atoms with van der Waals surface area (Å²) in [6.07, 6.45) is 6.98. The van der Waals surface area contributed by atoms with Crippen LogP contribution in [0.3, 0.4) is 0 Å². The molecule has 0 atom stereocenters. The van der Waals surface area contributed by atoms with Gasteiger partial charge in [-0.3, -0.25) is 14.6 Å². The molecule has 1 aliphatic rings. The van der Waals surface area contributed by atoms with Crippen LogP contribution >= 0.6 is 0 Å². The zero-order valence-corrected chi connectivity index (χ0v) is 23.7. The summed E-state index contributed by atoms with van der Waals surface area (Å²) in [5.41, 5.74) is 20.6. The van der Waals surface area contributed by atoms with E-state index in [1.807, 2.05) is 12.0 Å². The number of carbonyl (C=O) groups is 2. The fourth-order valence-electron chi connectivity index (χ4n) is 3.97. The second-order valence-electron chi connectivity index (χ2n) is 9.41. The number of methoxy groups -OCH3 is 1. The Labute approximate surface area is 243 Å². The van der Waals surface area contributed by atoms with E-state index in [1.165, 1.54) is 26.4 Å². The quantitative estimate of drug-likeness (QED) is 0.0781. The molecule has 1 aliphatic carbocycles. The van der Waals surface area contributed by atoms with Gasteiger partial charge in [-0.25, -0.2) is 4.79 Å². The van der Waals surface area contributed by atoms with Gasteiger partial charge in [-0.15, -0.1) is 0 Å². The molecule has 0 aliphatic heterocycles. The van der Waals surface area contributed by atoms with E-state index in [9.17, 15) is 14.4 Å². The number of carbonyl (C=O) groups excluding carboxylic acids is 3. The first kappa shape index (κ1) is 31.0. The highest BCUT2D eigenvalue weighted by molar-refractivity contribution is 5.94. The van der Waals surface area contributed by atoms with Gasteiger partial charge in [-0.1, -0.05) is 18.2 Å². The number of allylic oxidation sites excluding steroid dienone is 1. The average molecular weight is 574 g/mol. The van der Waals surface area contributed by atoms with E-state index in [0.29, 0.717) is 33.8 Å². The summed E-state index contributed by atoms with van der Waals surface area (Å²) in [5, 5.41) is 15.6. The van der Waals surface area contributed by atoms with Gasteiger partial charge in [0.1, 0.15) is 23.0 Å². The molecule has 1 aromatic carbocycles. The molecule has 1 fully saturated rings. The minimum atomic E-state index is -0.552. The molecule has 10 N–H and O–H groups in total. The number of aromatic nitrogens is 1. The van der Waals surface area contributed by atoms with Crippen molar-refractivity contribution in [3.05, 3.63) is 77.3 Å². The van der Waals surface area contributed by atoms with Gasteiger partial charge in [0.2, 0.25) is 5.91 Å². The standard InChI is InChI=1S/C29H35N9O4/c1-34-29(41)26(33)23(11-25(32)37-28(40)18-7-8-18)36-22-6-4-5-20(27(22)42-3)19-9-10-21(35-14-19)24(16-39)38(2)15-17(12-30)13-31/h4-6,9-14,18,30,36H,7-8,15,31-33H2,1-3H3,(H,34,41)(H,37,40)/b17-13+,25-11+,26-23+,30-12?. The van der Waals surface area contributed by atoms with Gasteiger partial charge in [0.25, 0.3) is 5.91 Å². The van der Waals surface area contributed by atoms with Crippen LogP contribution in [0.1, 0.15) is 18.5 Å². The van der Waals surface area contributed by atoms with Crippen LogP contribution in [0.5, 0.6) is 5.75 Å². The van der Waals surface area contributed by atoms with E-state index >= 15 is 0 Å². The molecule has 220 valence electrons. The molecule has 3 rings (SSSR count). The highest BCUT2D eigenvalue weighted by Crippen LogP contribution is 2.37. The molecular weight excluding hydrogens is 538 g/mol. The molecule has 13 heteroatoms. The van der Waals surface area contributed by atoms with E-state index < -0.39 is 5.91 Å². The minimum Gasteiger partial charge on any atom is -0.494 e. The molecule has 1 saturated carbocycles. The highest BCUT2D eigenvalue weighted by atomic mass is 16.5. The SMILES string of the molecule is CNC(=O)/C(N)=C(/C=C(\N)NC(=O)C1CC1)Nc1cccc(-c2ccc(C(=C=O)N(C)C/C(C=N)=C/N)nc2)c1OC. The maximum Gasteiger partial charge on any atom is 0.269 e. The van der Waals surface area contributed by atoms with Crippen LogP contribution in [0, 0.1) is 11.3 Å². The minimum absolute atomic E-state index is 0.0230. The molecule has 42 heavy (non-hydrogen) atoms.